The van der Waals surface area contributed by atoms with E-state index in [1.54, 1.807) is 35.2 Å². The fraction of sp³-hybridized carbons (Fsp3) is 0.158. The van der Waals surface area contributed by atoms with Gasteiger partial charge in [0.1, 0.15) is 11.5 Å². The van der Waals surface area contributed by atoms with E-state index in [2.05, 4.69) is 19.9 Å². The van der Waals surface area contributed by atoms with Crippen LogP contribution in [0.1, 0.15) is 7.43 Å². The topological polar surface area (TPSA) is 72.6 Å². The van der Waals surface area contributed by atoms with Crippen molar-refractivity contribution in [3.63, 3.8) is 0 Å². The highest BCUT2D eigenvalue weighted by molar-refractivity contribution is 5.77. The van der Waals surface area contributed by atoms with Crippen molar-refractivity contribution >= 4 is 11.5 Å². The zero-order valence-electron chi connectivity index (χ0n) is 13.5. The Morgan fingerprint density at radius 2 is 1.89 bits per heavy atom. The number of benzene rings is 1. The van der Waals surface area contributed by atoms with Crippen molar-refractivity contribution in [3.8, 4) is 22.6 Å². The lowest BCUT2D eigenvalue weighted by atomic mass is 10.1. The summed E-state index contributed by atoms with van der Waals surface area (Å²) in [5.41, 5.74) is 3.17. The average molecular weight is 364 g/mol. The van der Waals surface area contributed by atoms with Crippen LogP contribution in [0.15, 0.2) is 48.9 Å². The zero-order valence-corrected chi connectivity index (χ0v) is 13.5. The zero-order chi connectivity index (χ0) is 18.1. The van der Waals surface area contributed by atoms with E-state index in [-0.39, 0.29) is 19.9 Å². The van der Waals surface area contributed by atoms with Crippen LogP contribution in [-0.4, -0.2) is 35.9 Å². The first-order chi connectivity index (χ1) is 12.7. The van der Waals surface area contributed by atoms with Crippen LogP contribution in [0.25, 0.3) is 33.1 Å². The van der Waals surface area contributed by atoms with E-state index >= 15 is 0 Å². The first-order valence-electron chi connectivity index (χ1n) is 7.86. The largest absolute Gasteiger partial charge is 0.395 e. The van der Waals surface area contributed by atoms with Crippen LogP contribution in [0.2, 0.25) is 0 Å². The molecule has 27 heavy (non-hydrogen) atoms. The van der Waals surface area contributed by atoms with E-state index in [9.17, 15) is 9.50 Å². The lowest BCUT2D eigenvalue weighted by molar-refractivity contribution is 0.276. The van der Waals surface area contributed by atoms with Gasteiger partial charge >= 0.3 is 0 Å². The molecule has 0 aliphatic carbocycles. The molecule has 0 radical (unpaired) electrons. The molecule has 4 rings (SSSR count). The minimum absolute atomic E-state index is 0. The first-order valence-corrected chi connectivity index (χ1v) is 7.86. The van der Waals surface area contributed by atoms with Crippen LogP contribution in [0.3, 0.4) is 0 Å². The molecule has 0 atom stereocenters. The second-order valence-corrected chi connectivity index (χ2v) is 5.58. The molecule has 0 aliphatic rings. The summed E-state index contributed by atoms with van der Waals surface area (Å²) < 4.78 is 16.5. The molecule has 0 fully saturated rings. The Bertz CT molecular complexity index is 1120. The maximum Gasteiger partial charge on any atom is 0.275 e. The van der Waals surface area contributed by atoms with Crippen molar-refractivity contribution < 1.29 is 9.50 Å². The van der Waals surface area contributed by atoms with Gasteiger partial charge < -0.3 is 14.5 Å². The van der Waals surface area contributed by atoms with E-state index < -0.39 is 0 Å². The molecule has 3 aromatic heterocycles. The Morgan fingerprint density at radius 1 is 1.11 bits per heavy atom. The fourth-order valence-electron chi connectivity index (χ4n) is 2.81. The molecule has 0 aliphatic heterocycles. The number of hydrogen-bond donors (Lipinski definition) is 1. The Morgan fingerprint density at radius 3 is 2.59 bits per heavy atom. The highest BCUT2D eigenvalue weighted by Gasteiger charge is 2.18. The molecule has 136 valence electrons. The Balaban J connectivity index is 0.00000210. The smallest absolute Gasteiger partial charge is 0.275 e. The van der Waals surface area contributed by atoms with E-state index in [0.717, 1.165) is 5.56 Å². The number of aromatic nitrogens is 5. The molecule has 0 spiro atoms. The van der Waals surface area contributed by atoms with Crippen molar-refractivity contribution in [2.75, 3.05) is 6.61 Å². The Hall–Kier alpha value is -3.57. The van der Waals surface area contributed by atoms with Gasteiger partial charge in [-0.15, -0.1) is 4.52 Å². The average Bonchev–Trinajstić information content (AvgIpc) is 3.26. The number of aliphatic hydroxyl groups is 1. The van der Waals surface area contributed by atoms with Crippen LogP contribution in [-0.2, 0) is 6.54 Å². The number of rotatable bonds is 4. The summed E-state index contributed by atoms with van der Waals surface area (Å²) in [4.78, 5) is 12.0. The Kier molecular flexibility index (Phi) is 4.96. The minimum Gasteiger partial charge on any atom is -0.395 e. The number of aliphatic hydroxyl groups excluding tert-OH is 1. The van der Waals surface area contributed by atoms with Gasteiger partial charge in [-0.3, -0.25) is 0 Å². The van der Waals surface area contributed by atoms with Gasteiger partial charge in [0.05, 0.1) is 30.5 Å². The van der Waals surface area contributed by atoms with Gasteiger partial charge in [0.15, 0.2) is 0 Å². The third kappa shape index (κ3) is 3.16. The fourth-order valence-corrected chi connectivity index (χ4v) is 2.81. The highest BCUT2D eigenvalue weighted by Crippen LogP contribution is 2.31. The molecule has 7 nitrogen and oxygen atoms in total. The first kappa shape index (κ1) is 18.2. The summed E-state index contributed by atoms with van der Waals surface area (Å²) in [6, 6.07) is 9.58. The van der Waals surface area contributed by atoms with Gasteiger partial charge in [-0.2, -0.15) is 0 Å². The van der Waals surface area contributed by atoms with Crippen LogP contribution in [0, 0.1) is 12.4 Å². The van der Waals surface area contributed by atoms with Crippen molar-refractivity contribution in [2.24, 2.45) is 0 Å². The number of halogens is 1. The molecular weight excluding hydrogens is 347 g/mol. The quantitative estimate of drug-likeness (QED) is 0.562. The van der Waals surface area contributed by atoms with Crippen LogP contribution < -0.4 is 0 Å². The normalized spacial score (nSPS) is 10.6. The molecular formula is C19H17FN6O. The molecule has 0 unspecified atom stereocenters. The van der Waals surface area contributed by atoms with Gasteiger partial charge in [0.25, 0.3) is 5.82 Å². The van der Waals surface area contributed by atoms with Crippen molar-refractivity contribution in [1.82, 2.24) is 24.1 Å². The second kappa shape index (κ2) is 7.35. The molecule has 0 saturated carbocycles. The summed E-state index contributed by atoms with van der Waals surface area (Å²) in [5, 5.41) is 13.9. The highest BCUT2D eigenvalue weighted by atomic mass is 19.1. The molecule has 3 heterocycles. The standard InChI is InChI=1S/C18H13FN6O.CH4/c1-20-16-10-21-15-7-6-14(23-25(15)16)18-17(22-11-24(18)8-9-26)12-2-4-13(19)5-3-12;/h2-7,10-11,26H,8-9H2;1H4. The monoisotopic (exact) mass is 364 g/mol. The van der Waals surface area contributed by atoms with Gasteiger partial charge in [0.2, 0.25) is 5.65 Å². The summed E-state index contributed by atoms with van der Waals surface area (Å²) in [6.45, 7) is 7.50. The summed E-state index contributed by atoms with van der Waals surface area (Å²) in [6.07, 6.45) is 3.07. The maximum absolute atomic E-state index is 13.3. The van der Waals surface area contributed by atoms with Gasteiger partial charge in [-0.05, 0) is 30.3 Å². The lowest BCUT2D eigenvalue weighted by Gasteiger charge is -2.08. The van der Waals surface area contributed by atoms with Crippen LogP contribution in [0.5, 0.6) is 0 Å². The van der Waals surface area contributed by atoms with Crippen molar-refractivity contribution in [2.45, 2.75) is 14.0 Å². The number of nitrogens with zero attached hydrogens (tertiary/aromatic N) is 6. The van der Waals surface area contributed by atoms with E-state index in [1.807, 2.05) is 0 Å². The predicted molar refractivity (Wildman–Crippen MR) is 99.7 cm³/mol. The molecule has 4 aromatic rings. The number of hydrogen-bond acceptors (Lipinski definition) is 4. The van der Waals surface area contributed by atoms with Crippen molar-refractivity contribution in [3.05, 3.63) is 66.2 Å². The summed E-state index contributed by atoms with van der Waals surface area (Å²) in [7, 11) is 0. The minimum atomic E-state index is -0.329. The molecule has 1 aromatic carbocycles. The van der Waals surface area contributed by atoms with Crippen molar-refractivity contribution in [1.29, 1.82) is 0 Å². The molecule has 0 bridgehead atoms. The van der Waals surface area contributed by atoms with Crippen LogP contribution >= 0.6 is 0 Å². The third-order valence-corrected chi connectivity index (χ3v) is 4.00. The van der Waals surface area contributed by atoms with Crippen LogP contribution in [0.4, 0.5) is 10.2 Å². The van der Waals surface area contributed by atoms with E-state index in [4.69, 9.17) is 6.57 Å². The molecule has 8 heteroatoms. The van der Waals surface area contributed by atoms with Gasteiger partial charge in [0, 0.05) is 18.2 Å². The molecule has 0 amide bonds. The Labute approximate surface area is 155 Å². The SMILES string of the molecule is C.[C-]#[N+]c1cnc2ccc(-c3c(-c4ccc(F)cc4)ncn3CCO)nn12. The van der Waals surface area contributed by atoms with Gasteiger partial charge in [-0.1, -0.05) is 19.1 Å². The third-order valence-electron chi connectivity index (χ3n) is 4.00. The summed E-state index contributed by atoms with van der Waals surface area (Å²) in [5.74, 6) is -0.0249. The molecule has 0 saturated heterocycles. The van der Waals surface area contributed by atoms with E-state index in [0.29, 0.717) is 35.1 Å². The summed E-state index contributed by atoms with van der Waals surface area (Å²) >= 11 is 0. The van der Waals surface area contributed by atoms with Gasteiger partial charge in [-0.25, -0.2) is 14.4 Å². The number of imidazole rings is 2. The van der Waals surface area contributed by atoms with E-state index in [1.165, 1.54) is 22.8 Å². The number of fused-ring (bicyclic) bond motifs is 1. The predicted octanol–water partition coefficient (Wildman–Crippen LogP) is 3.58. The molecule has 1 N–H and O–H groups in total. The maximum atomic E-state index is 13.3. The second-order valence-electron chi connectivity index (χ2n) is 5.58. The lowest BCUT2D eigenvalue weighted by Crippen LogP contribution is -2.05.